The summed E-state index contributed by atoms with van der Waals surface area (Å²) in [5, 5.41) is 0.730. The van der Waals surface area contributed by atoms with E-state index in [4.69, 9.17) is 25.5 Å². The first kappa shape index (κ1) is 25.2. The Labute approximate surface area is 237 Å². The van der Waals surface area contributed by atoms with Gasteiger partial charge in [0, 0.05) is 10.2 Å². The van der Waals surface area contributed by atoms with Gasteiger partial charge in [-0.25, -0.2) is 0 Å². The molecule has 1 atom stereocenters. The van der Waals surface area contributed by atoms with Crippen molar-refractivity contribution < 1.29 is 18.7 Å². The highest BCUT2D eigenvalue weighted by Gasteiger charge is 2.43. The molecule has 6 rings (SSSR count). The predicted octanol–water partition coefficient (Wildman–Crippen LogP) is 7.55. The smallest absolute Gasteiger partial charge is 0.295 e. The first-order chi connectivity index (χ1) is 18.9. The number of halogens is 2. The molecule has 194 valence electrons. The van der Waals surface area contributed by atoms with Crippen LogP contribution in [0, 0.1) is 0 Å². The topological polar surface area (TPSA) is 69.0 Å². The van der Waals surface area contributed by atoms with Crippen molar-refractivity contribution in [1.29, 1.82) is 0 Å². The zero-order valence-corrected chi connectivity index (χ0v) is 23.0. The van der Waals surface area contributed by atoms with Gasteiger partial charge in [0.2, 0.25) is 5.76 Å². The number of anilines is 1. The highest BCUT2D eigenvalue weighted by atomic mass is 79.9. The summed E-state index contributed by atoms with van der Waals surface area (Å²) in [4.78, 5) is 29.2. The molecular formula is C31H21BrClNO5. The summed E-state index contributed by atoms with van der Waals surface area (Å²) in [5.74, 6) is 0.727. The molecule has 1 aliphatic heterocycles. The van der Waals surface area contributed by atoms with Crippen molar-refractivity contribution in [2.24, 2.45) is 0 Å². The van der Waals surface area contributed by atoms with E-state index in [2.05, 4.69) is 15.9 Å². The van der Waals surface area contributed by atoms with Gasteiger partial charge in [-0.2, -0.15) is 0 Å². The minimum Gasteiger partial charge on any atom is -0.495 e. The van der Waals surface area contributed by atoms with Crippen LogP contribution in [0.25, 0.3) is 11.0 Å². The molecule has 2 heterocycles. The van der Waals surface area contributed by atoms with E-state index in [1.807, 2.05) is 54.6 Å². The van der Waals surface area contributed by atoms with Gasteiger partial charge in [-0.05, 0) is 59.7 Å². The average Bonchev–Trinajstić information content (AvgIpc) is 3.25. The van der Waals surface area contributed by atoms with E-state index in [1.165, 1.54) is 12.0 Å². The van der Waals surface area contributed by atoms with Gasteiger partial charge in [0.1, 0.15) is 23.7 Å². The molecule has 1 aromatic heterocycles. The third-order valence-corrected chi connectivity index (χ3v) is 7.48. The number of fused-ring (bicyclic) bond motifs is 2. The summed E-state index contributed by atoms with van der Waals surface area (Å²) < 4.78 is 18.0. The minimum atomic E-state index is -0.736. The summed E-state index contributed by atoms with van der Waals surface area (Å²) in [7, 11) is 1.52. The van der Waals surface area contributed by atoms with Crippen molar-refractivity contribution in [3.8, 4) is 11.5 Å². The second-order valence-corrected chi connectivity index (χ2v) is 10.4. The lowest BCUT2D eigenvalue weighted by Crippen LogP contribution is -2.29. The standard InChI is InChI=1S/C31H21BrClNO5/c1-37-26-14-10-21(16-24(26)33)34-28(19-7-11-22(12-8-19)38-17-18-5-3-2-4-6-18)27-29(35)23-15-20(32)9-13-25(23)39-30(27)31(34)36/h2-16,28H,17H2,1H3. The Morgan fingerprint density at radius 2 is 1.72 bits per heavy atom. The third-order valence-electron chi connectivity index (χ3n) is 6.69. The van der Waals surface area contributed by atoms with E-state index >= 15 is 0 Å². The van der Waals surface area contributed by atoms with E-state index in [0.717, 1.165) is 15.6 Å². The maximum atomic E-state index is 13.8. The minimum absolute atomic E-state index is 0.0103. The molecule has 0 fully saturated rings. The van der Waals surface area contributed by atoms with E-state index < -0.39 is 11.9 Å². The molecule has 0 N–H and O–H groups in total. The van der Waals surface area contributed by atoms with Gasteiger partial charge in [-0.15, -0.1) is 0 Å². The molecule has 0 saturated carbocycles. The van der Waals surface area contributed by atoms with Crippen LogP contribution in [0.3, 0.4) is 0 Å². The number of ether oxygens (including phenoxy) is 2. The molecule has 5 aromatic rings. The van der Waals surface area contributed by atoms with Crippen molar-refractivity contribution in [3.63, 3.8) is 0 Å². The summed E-state index contributed by atoms with van der Waals surface area (Å²) in [6.45, 7) is 0.422. The van der Waals surface area contributed by atoms with Crippen molar-refractivity contribution in [2.45, 2.75) is 12.6 Å². The lowest BCUT2D eigenvalue weighted by atomic mass is 9.98. The number of hydrogen-bond donors (Lipinski definition) is 0. The van der Waals surface area contributed by atoms with Crippen LogP contribution >= 0.6 is 27.5 Å². The van der Waals surface area contributed by atoms with Gasteiger partial charge in [0.15, 0.2) is 5.43 Å². The van der Waals surface area contributed by atoms with E-state index in [9.17, 15) is 9.59 Å². The maximum absolute atomic E-state index is 13.8. The molecule has 0 aliphatic carbocycles. The first-order valence-corrected chi connectivity index (χ1v) is 13.3. The monoisotopic (exact) mass is 601 g/mol. The zero-order chi connectivity index (χ0) is 27.1. The molecule has 1 aliphatic rings. The molecule has 0 radical (unpaired) electrons. The van der Waals surface area contributed by atoms with Crippen LogP contribution in [0.5, 0.6) is 11.5 Å². The van der Waals surface area contributed by atoms with Crippen LogP contribution in [0.2, 0.25) is 5.02 Å². The van der Waals surface area contributed by atoms with Crippen molar-refractivity contribution in [2.75, 3.05) is 12.0 Å². The van der Waals surface area contributed by atoms with Crippen molar-refractivity contribution >= 4 is 50.1 Å². The number of hydrogen-bond acceptors (Lipinski definition) is 5. The molecule has 0 saturated heterocycles. The van der Waals surface area contributed by atoms with Crippen LogP contribution in [0.4, 0.5) is 5.69 Å². The van der Waals surface area contributed by atoms with Crippen LogP contribution in [0.1, 0.15) is 33.3 Å². The average molecular weight is 603 g/mol. The number of rotatable bonds is 6. The predicted molar refractivity (Wildman–Crippen MR) is 154 cm³/mol. The first-order valence-electron chi connectivity index (χ1n) is 12.1. The fraction of sp³-hybridized carbons (Fsp3) is 0.0968. The summed E-state index contributed by atoms with van der Waals surface area (Å²) in [5.41, 5.74) is 2.63. The summed E-state index contributed by atoms with van der Waals surface area (Å²) in [6, 6.07) is 26.7. The number of amides is 1. The number of carbonyl (C=O) groups is 1. The highest BCUT2D eigenvalue weighted by Crippen LogP contribution is 2.43. The van der Waals surface area contributed by atoms with Crippen LogP contribution in [-0.2, 0) is 6.61 Å². The fourth-order valence-corrected chi connectivity index (χ4v) is 5.43. The van der Waals surface area contributed by atoms with E-state index in [1.54, 1.807) is 36.4 Å². The van der Waals surface area contributed by atoms with Gasteiger partial charge in [-0.3, -0.25) is 14.5 Å². The van der Waals surface area contributed by atoms with Gasteiger partial charge in [0.25, 0.3) is 5.91 Å². The van der Waals surface area contributed by atoms with Gasteiger partial charge in [0.05, 0.1) is 29.1 Å². The summed E-state index contributed by atoms with van der Waals surface area (Å²) in [6.07, 6.45) is 0. The molecule has 0 spiro atoms. The Morgan fingerprint density at radius 3 is 2.44 bits per heavy atom. The molecule has 0 bridgehead atoms. The fourth-order valence-electron chi connectivity index (χ4n) is 4.82. The Hall–Kier alpha value is -4.07. The van der Waals surface area contributed by atoms with Gasteiger partial charge < -0.3 is 13.9 Å². The van der Waals surface area contributed by atoms with Crippen LogP contribution in [-0.4, -0.2) is 13.0 Å². The van der Waals surface area contributed by atoms with Gasteiger partial charge >= 0.3 is 0 Å². The molecule has 6 nitrogen and oxygen atoms in total. The number of benzene rings is 4. The van der Waals surface area contributed by atoms with E-state index in [-0.39, 0.29) is 16.8 Å². The molecule has 8 heteroatoms. The molecular weight excluding hydrogens is 582 g/mol. The Kier molecular flexibility index (Phi) is 6.62. The quantitative estimate of drug-likeness (QED) is 0.201. The number of nitrogens with zero attached hydrogens (tertiary/aromatic N) is 1. The second kappa shape index (κ2) is 10.2. The Morgan fingerprint density at radius 1 is 0.949 bits per heavy atom. The highest BCUT2D eigenvalue weighted by molar-refractivity contribution is 9.10. The Bertz CT molecular complexity index is 1770. The van der Waals surface area contributed by atoms with Crippen molar-refractivity contribution in [1.82, 2.24) is 0 Å². The molecule has 1 amide bonds. The zero-order valence-electron chi connectivity index (χ0n) is 20.7. The van der Waals surface area contributed by atoms with Crippen LogP contribution < -0.4 is 19.8 Å². The molecule has 1 unspecified atom stereocenters. The normalized spacial score (nSPS) is 14.5. The summed E-state index contributed by atoms with van der Waals surface area (Å²) >= 11 is 9.86. The largest absolute Gasteiger partial charge is 0.495 e. The van der Waals surface area contributed by atoms with E-state index in [0.29, 0.717) is 39.8 Å². The maximum Gasteiger partial charge on any atom is 0.295 e. The lowest BCUT2D eigenvalue weighted by Gasteiger charge is -2.26. The van der Waals surface area contributed by atoms with Crippen LogP contribution in [0.15, 0.2) is 105 Å². The number of methoxy groups -OCH3 is 1. The number of carbonyl (C=O) groups excluding carboxylic acids is 1. The SMILES string of the molecule is COc1ccc(N2C(=O)c3oc4ccc(Br)cc4c(=O)c3C2c2ccc(OCc3ccccc3)cc2)cc1Cl. The van der Waals surface area contributed by atoms with Crippen molar-refractivity contribution in [3.05, 3.63) is 133 Å². The molecule has 4 aromatic carbocycles. The Balaban J connectivity index is 1.46. The molecule has 39 heavy (non-hydrogen) atoms. The second-order valence-electron chi connectivity index (χ2n) is 9.05. The third kappa shape index (κ3) is 4.58. The van der Waals surface area contributed by atoms with Gasteiger partial charge in [-0.1, -0.05) is 70.0 Å². The lowest BCUT2D eigenvalue weighted by molar-refractivity contribution is 0.0971.